The molecule has 0 unspecified atom stereocenters. The summed E-state index contributed by atoms with van der Waals surface area (Å²) in [6.45, 7) is 3.40. The van der Waals surface area contributed by atoms with E-state index in [0.29, 0.717) is 0 Å². The van der Waals surface area contributed by atoms with E-state index in [2.05, 4.69) is 4.18 Å². The summed E-state index contributed by atoms with van der Waals surface area (Å²) in [5.41, 5.74) is -5.18. The van der Waals surface area contributed by atoms with Crippen LogP contribution in [-0.4, -0.2) is 13.9 Å². The zero-order valence-electron chi connectivity index (χ0n) is 10.3. The Hall–Kier alpha value is -1.50. The van der Waals surface area contributed by atoms with Gasteiger partial charge >= 0.3 is 15.6 Å². The molecule has 0 aromatic heterocycles. The molecule has 1 aromatic carbocycles. The lowest BCUT2D eigenvalue weighted by Gasteiger charge is -2.13. The van der Waals surface area contributed by atoms with Gasteiger partial charge in [-0.1, -0.05) is 44.2 Å². The highest BCUT2D eigenvalue weighted by Crippen LogP contribution is 2.30. The first kappa shape index (κ1) is 15.6. The summed E-state index contributed by atoms with van der Waals surface area (Å²) >= 11 is 0. The van der Waals surface area contributed by atoms with Gasteiger partial charge in [-0.05, 0) is 12.0 Å². The number of halogens is 3. The summed E-state index contributed by atoms with van der Waals surface area (Å²) in [6.07, 6.45) is 1.32. The third-order valence-corrected chi connectivity index (χ3v) is 2.99. The highest BCUT2D eigenvalue weighted by Gasteiger charge is 2.48. The Morgan fingerprint density at radius 2 is 1.74 bits per heavy atom. The van der Waals surface area contributed by atoms with Crippen LogP contribution in [0.3, 0.4) is 0 Å². The van der Waals surface area contributed by atoms with Crippen LogP contribution in [0.5, 0.6) is 0 Å². The molecule has 19 heavy (non-hydrogen) atoms. The number of rotatable bonds is 4. The van der Waals surface area contributed by atoms with Crippen LogP contribution < -0.4 is 0 Å². The molecule has 1 aromatic rings. The van der Waals surface area contributed by atoms with Crippen molar-refractivity contribution in [3.63, 3.8) is 0 Å². The normalized spacial score (nSPS) is 13.7. The topological polar surface area (TPSA) is 43.4 Å². The lowest BCUT2D eigenvalue weighted by Crippen LogP contribution is -2.25. The first-order valence-corrected chi connectivity index (χ1v) is 6.82. The fourth-order valence-electron chi connectivity index (χ4n) is 1.24. The molecular weight excluding hydrogens is 281 g/mol. The number of benzene rings is 1. The Labute approximate surface area is 109 Å². The van der Waals surface area contributed by atoms with Gasteiger partial charge in [0.25, 0.3) is 0 Å². The summed E-state index contributed by atoms with van der Waals surface area (Å²) in [4.78, 5) is 0. The average molecular weight is 294 g/mol. The van der Waals surface area contributed by atoms with Gasteiger partial charge in [-0.2, -0.15) is 21.6 Å². The Kier molecular flexibility index (Phi) is 4.62. The zero-order chi connectivity index (χ0) is 14.7. The van der Waals surface area contributed by atoms with E-state index in [4.69, 9.17) is 0 Å². The average Bonchev–Trinajstić information content (AvgIpc) is 2.27. The SMILES string of the molecule is CC(C)/C=C(\OS(=O)(=O)C(F)(F)F)c1ccccc1. The fraction of sp³-hybridized carbons (Fsp3) is 0.333. The molecule has 0 aliphatic heterocycles. The Bertz CT molecular complexity index is 545. The van der Waals surface area contributed by atoms with Crippen molar-refractivity contribution in [2.24, 2.45) is 5.92 Å². The van der Waals surface area contributed by atoms with Crippen molar-refractivity contribution < 1.29 is 25.8 Å². The molecule has 0 bridgehead atoms. The molecule has 0 saturated carbocycles. The van der Waals surface area contributed by atoms with Crippen molar-refractivity contribution in [2.75, 3.05) is 0 Å². The maximum atomic E-state index is 12.3. The van der Waals surface area contributed by atoms with Crippen LogP contribution in [0.2, 0.25) is 0 Å². The van der Waals surface area contributed by atoms with Crippen LogP contribution in [0.4, 0.5) is 13.2 Å². The van der Waals surface area contributed by atoms with Crippen LogP contribution >= 0.6 is 0 Å². The van der Waals surface area contributed by atoms with Gasteiger partial charge in [0.05, 0.1) is 0 Å². The van der Waals surface area contributed by atoms with Crippen molar-refractivity contribution in [3.05, 3.63) is 42.0 Å². The number of alkyl halides is 3. The maximum Gasteiger partial charge on any atom is 0.534 e. The summed E-state index contributed by atoms with van der Waals surface area (Å²) in [7, 11) is -5.66. The van der Waals surface area contributed by atoms with E-state index in [-0.39, 0.29) is 17.2 Å². The molecule has 1 rings (SSSR count). The van der Waals surface area contributed by atoms with Crippen LogP contribution in [-0.2, 0) is 14.3 Å². The van der Waals surface area contributed by atoms with Crippen molar-refractivity contribution in [2.45, 2.75) is 19.4 Å². The Morgan fingerprint density at radius 1 is 1.21 bits per heavy atom. The largest absolute Gasteiger partial charge is 0.534 e. The minimum Gasteiger partial charge on any atom is -0.376 e. The number of hydrogen-bond acceptors (Lipinski definition) is 3. The third kappa shape index (κ3) is 4.27. The van der Waals surface area contributed by atoms with Crippen molar-refractivity contribution in [1.29, 1.82) is 0 Å². The molecule has 0 heterocycles. The molecule has 106 valence electrons. The molecular formula is C12H13F3O3S. The summed E-state index contributed by atoms with van der Waals surface area (Å²) in [5.74, 6) is -0.494. The van der Waals surface area contributed by atoms with Gasteiger partial charge < -0.3 is 4.18 Å². The van der Waals surface area contributed by atoms with E-state index in [0.717, 1.165) is 0 Å². The molecule has 0 amide bonds. The van der Waals surface area contributed by atoms with Crippen LogP contribution in [0.15, 0.2) is 36.4 Å². The molecule has 0 saturated heterocycles. The van der Waals surface area contributed by atoms with Crippen molar-refractivity contribution in [3.8, 4) is 0 Å². The lowest BCUT2D eigenvalue weighted by molar-refractivity contribution is -0.0509. The molecule has 0 radical (unpaired) electrons. The molecule has 7 heteroatoms. The van der Waals surface area contributed by atoms with Gasteiger partial charge in [0.1, 0.15) is 5.76 Å². The quantitative estimate of drug-likeness (QED) is 0.484. The van der Waals surface area contributed by atoms with Gasteiger partial charge in [0, 0.05) is 5.56 Å². The summed E-state index contributed by atoms with van der Waals surface area (Å²) in [5, 5.41) is 0. The molecule has 0 atom stereocenters. The van der Waals surface area contributed by atoms with E-state index in [9.17, 15) is 21.6 Å². The predicted octanol–water partition coefficient (Wildman–Crippen LogP) is 3.55. The second-order valence-electron chi connectivity index (χ2n) is 4.12. The van der Waals surface area contributed by atoms with E-state index in [1.54, 1.807) is 32.0 Å². The highest BCUT2D eigenvalue weighted by molar-refractivity contribution is 7.87. The van der Waals surface area contributed by atoms with Gasteiger partial charge in [-0.15, -0.1) is 0 Å². The van der Waals surface area contributed by atoms with E-state index >= 15 is 0 Å². The highest BCUT2D eigenvalue weighted by atomic mass is 32.2. The maximum absolute atomic E-state index is 12.3. The molecule has 0 aliphatic carbocycles. The third-order valence-electron chi connectivity index (χ3n) is 2.03. The second-order valence-corrected chi connectivity index (χ2v) is 5.66. The molecule has 0 N–H and O–H groups in total. The molecule has 0 spiro atoms. The van der Waals surface area contributed by atoms with E-state index in [1.165, 1.54) is 18.2 Å². The van der Waals surface area contributed by atoms with Gasteiger partial charge in [-0.25, -0.2) is 0 Å². The monoisotopic (exact) mass is 294 g/mol. The standard InChI is InChI=1S/C12H13F3O3S/c1-9(2)8-11(10-6-4-3-5-7-10)18-19(16,17)12(13,14)15/h3-9H,1-2H3/b11-8-. The second kappa shape index (κ2) is 5.64. The fourth-order valence-corrected chi connectivity index (χ4v) is 1.73. The van der Waals surface area contributed by atoms with Gasteiger partial charge in [0.15, 0.2) is 0 Å². The first-order valence-electron chi connectivity index (χ1n) is 5.41. The van der Waals surface area contributed by atoms with Crippen LogP contribution in [0.25, 0.3) is 5.76 Å². The molecule has 0 aliphatic rings. The van der Waals surface area contributed by atoms with E-state index in [1.807, 2.05) is 0 Å². The van der Waals surface area contributed by atoms with Crippen LogP contribution in [0.1, 0.15) is 19.4 Å². The smallest absolute Gasteiger partial charge is 0.376 e. The van der Waals surface area contributed by atoms with Gasteiger partial charge in [0.2, 0.25) is 0 Å². The summed E-state index contributed by atoms with van der Waals surface area (Å²) < 4.78 is 63.2. The van der Waals surface area contributed by atoms with Crippen LogP contribution in [0, 0.1) is 5.92 Å². The predicted molar refractivity (Wildman–Crippen MR) is 65.3 cm³/mol. The first-order chi connectivity index (χ1) is 8.63. The van der Waals surface area contributed by atoms with Crippen molar-refractivity contribution in [1.82, 2.24) is 0 Å². The minimum atomic E-state index is -5.66. The number of hydrogen-bond donors (Lipinski definition) is 0. The Morgan fingerprint density at radius 3 is 2.16 bits per heavy atom. The molecule has 3 nitrogen and oxygen atoms in total. The van der Waals surface area contributed by atoms with E-state index < -0.39 is 15.6 Å². The number of allylic oxidation sites excluding steroid dienone is 1. The van der Waals surface area contributed by atoms with Gasteiger partial charge in [-0.3, -0.25) is 0 Å². The summed E-state index contributed by atoms with van der Waals surface area (Å²) in [6, 6.07) is 7.76. The minimum absolute atomic E-state index is 0.168. The lowest BCUT2D eigenvalue weighted by atomic mass is 10.1. The zero-order valence-corrected chi connectivity index (χ0v) is 11.1. The molecule has 0 fully saturated rings. The Balaban J connectivity index is 3.17. The van der Waals surface area contributed by atoms with Crippen molar-refractivity contribution >= 4 is 15.9 Å².